The molecule has 0 spiro atoms. The topological polar surface area (TPSA) is 91.7 Å². The molecule has 3 aromatic heterocycles. The van der Waals surface area contributed by atoms with Crippen molar-refractivity contribution in [3.63, 3.8) is 0 Å². The first kappa shape index (κ1) is 18.1. The molecule has 1 aliphatic rings. The number of fused-ring (bicyclic) bond motifs is 1. The average molecular weight is 399 g/mol. The Labute approximate surface area is 173 Å². The number of nitrogens with one attached hydrogen (secondary N) is 2. The van der Waals surface area contributed by atoms with Gasteiger partial charge >= 0.3 is 0 Å². The van der Waals surface area contributed by atoms with Gasteiger partial charge in [-0.1, -0.05) is 12.1 Å². The Balaban J connectivity index is 1.31. The summed E-state index contributed by atoms with van der Waals surface area (Å²) in [5.74, 6) is 1.50. The second-order valence-corrected chi connectivity index (χ2v) is 7.32. The van der Waals surface area contributed by atoms with Gasteiger partial charge in [-0.25, -0.2) is 4.98 Å². The maximum Gasteiger partial charge on any atom is 0.227 e. The van der Waals surface area contributed by atoms with Gasteiger partial charge in [-0.2, -0.15) is 10.1 Å². The van der Waals surface area contributed by atoms with E-state index in [0.29, 0.717) is 12.5 Å². The first-order valence-electron chi connectivity index (χ1n) is 9.80. The van der Waals surface area contributed by atoms with Gasteiger partial charge in [0.25, 0.3) is 0 Å². The zero-order valence-electron chi connectivity index (χ0n) is 16.5. The molecule has 8 nitrogen and oxygen atoms in total. The number of rotatable bonds is 5. The number of H-pyrrole nitrogens is 1. The van der Waals surface area contributed by atoms with Gasteiger partial charge in [0, 0.05) is 54.2 Å². The van der Waals surface area contributed by atoms with Crippen LogP contribution in [-0.4, -0.2) is 37.1 Å². The summed E-state index contributed by atoms with van der Waals surface area (Å²) in [6, 6.07) is 11.9. The second-order valence-electron chi connectivity index (χ2n) is 7.32. The zero-order chi connectivity index (χ0) is 20.5. The lowest BCUT2D eigenvalue weighted by Crippen LogP contribution is -2.34. The molecule has 0 fully saturated rings. The standard InChI is InChI=1S/C22H21N7O/c1-15(30)17-10-20-14-29(9-8-28(20)13-17)22-23-7-6-21(27-22)26-19-4-2-16(3-5-19)18-11-24-25-12-18/h2-7,10-13H,8-9,14H2,1H3,(H,24,25)(H,23,26,27). The number of aromatic nitrogens is 5. The number of hydrogen-bond donors (Lipinski definition) is 2. The van der Waals surface area contributed by atoms with E-state index < -0.39 is 0 Å². The number of Topliss-reactive ketones (excluding diaryl/α,β-unsaturated/α-hetero) is 1. The van der Waals surface area contributed by atoms with Gasteiger partial charge in [0.1, 0.15) is 5.82 Å². The summed E-state index contributed by atoms with van der Waals surface area (Å²) in [6.45, 7) is 3.87. The molecule has 30 heavy (non-hydrogen) atoms. The Bertz CT molecular complexity index is 1180. The van der Waals surface area contributed by atoms with Crippen LogP contribution in [0.1, 0.15) is 23.0 Å². The monoisotopic (exact) mass is 399 g/mol. The summed E-state index contributed by atoms with van der Waals surface area (Å²) in [5.41, 5.74) is 4.95. The number of ketones is 1. The fourth-order valence-corrected chi connectivity index (χ4v) is 3.63. The smallest absolute Gasteiger partial charge is 0.227 e. The molecule has 4 aromatic rings. The largest absolute Gasteiger partial charge is 0.347 e. The minimum Gasteiger partial charge on any atom is -0.347 e. The SMILES string of the molecule is CC(=O)c1cc2n(c1)CCN(c1nccc(Nc3ccc(-c4cn[nH]c4)cc3)n1)C2. The fraction of sp³-hybridized carbons (Fsp3) is 0.182. The summed E-state index contributed by atoms with van der Waals surface area (Å²) in [7, 11) is 0. The molecule has 0 radical (unpaired) electrons. The zero-order valence-corrected chi connectivity index (χ0v) is 16.5. The van der Waals surface area contributed by atoms with Crippen molar-refractivity contribution in [2.75, 3.05) is 16.8 Å². The van der Waals surface area contributed by atoms with Crippen molar-refractivity contribution in [1.29, 1.82) is 0 Å². The minimum atomic E-state index is 0.0877. The third kappa shape index (κ3) is 3.55. The Morgan fingerprint density at radius 2 is 2.00 bits per heavy atom. The van der Waals surface area contributed by atoms with Crippen LogP contribution in [0.5, 0.6) is 0 Å². The number of carbonyl (C=O) groups excluding carboxylic acids is 1. The Morgan fingerprint density at radius 1 is 1.13 bits per heavy atom. The number of aromatic amines is 1. The van der Waals surface area contributed by atoms with Crippen LogP contribution in [0.25, 0.3) is 11.1 Å². The molecule has 0 unspecified atom stereocenters. The van der Waals surface area contributed by atoms with E-state index in [1.165, 1.54) is 0 Å². The predicted molar refractivity (Wildman–Crippen MR) is 115 cm³/mol. The van der Waals surface area contributed by atoms with Gasteiger partial charge in [-0.15, -0.1) is 0 Å². The normalized spacial score (nSPS) is 13.2. The lowest BCUT2D eigenvalue weighted by Gasteiger charge is -2.28. The molecule has 5 rings (SSSR count). The third-order valence-electron chi connectivity index (χ3n) is 5.27. The van der Waals surface area contributed by atoms with E-state index in [1.54, 1.807) is 19.3 Å². The van der Waals surface area contributed by atoms with Crippen molar-refractivity contribution in [2.45, 2.75) is 20.0 Å². The summed E-state index contributed by atoms with van der Waals surface area (Å²) in [6.07, 6.45) is 7.36. The molecule has 1 aromatic carbocycles. The van der Waals surface area contributed by atoms with E-state index in [2.05, 4.69) is 30.0 Å². The Morgan fingerprint density at radius 3 is 2.77 bits per heavy atom. The van der Waals surface area contributed by atoms with Gasteiger partial charge in [0.05, 0.1) is 12.7 Å². The molecule has 4 heterocycles. The predicted octanol–water partition coefficient (Wildman–Crippen LogP) is 3.63. The van der Waals surface area contributed by atoms with Gasteiger partial charge in [0.2, 0.25) is 5.95 Å². The van der Waals surface area contributed by atoms with Crippen LogP contribution in [0.3, 0.4) is 0 Å². The van der Waals surface area contributed by atoms with Crippen molar-refractivity contribution in [3.8, 4) is 11.1 Å². The van der Waals surface area contributed by atoms with Crippen LogP contribution in [0.2, 0.25) is 0 Å². The highest BCUT2D eigenvalue weighted by atomic mass is 16.1. The van der Waals surface area contributed by atoms with E-state index in [1.807, 2.05) is 48.8 Å². The van der Waals surface area contributed by atoms with Crippen molar-refractivity contribution in [1.82, 2.24) is 24.7 Å². The van der Waals surface area contributed by atoms with Gasteiger partial charge < -0.3 is 14.8 Å². The van der Waals surface area contributed by atoms with E-state index >= 15 is 0 Å². The lowest BCUT2D eigenvalue weighted by molar-refractivity contribution is 0.101. The highest BCUT2D eigenvalue weighted by Gasteiger charge is 2.20. The van der Waals surface area contributed by atoms with E-state index in [0.717, 1.165) is 47.0 Å². The molecule has 2 N–H and O–H groups in total. The Kier molecular flexibility index (Phi) is 4.51. The summed E-state index contributed by atoms with van der Waals surface area (Å²) >= 11 is 0. The average Bonchev–Trinajstić information content (AvgIpc) is 3.44. The van der Waals surface area contributed by atoms with Gasteiger partial charge in [0.15, 0.2) is 5.78 Å². The number of benzene rings is 1. The summed E-state index contributed by atoms with van der Waals surface area (Å²) in [4.78, 5) is 22.9. The molecule has 0 saturated heterocycles. The summed E-state index contributed by atoms with van der Waals surface area (Å²) < 4.78 is 2.14. The number of anilines is 3. The van der Waals surface area contributed by atoms with E-state index in [4.69, 9.17) is 4.98 Å². The van der Waals surface area contributed by atoms with Crippen molar-refractivity contribution in [3.05, 3.63) is 72.4 Å². The maximum absolute atomic E-state index is 11.7. The minimum absolute atomic E-state index is 0.0877. The fourth-order valence-electron chi connectivity index (χ4n) is 3.63. The first-order valence-corrected chi connectivity index (χ1v) is 9.80. The molecule has 0 amide bonds. The Hall–Kier alpha value is -3.94. The molecule has 0 saturated carbocycles. The molecule has 150 valence electrons. The van der Waals surface area contributed by atoms with Crippen LogP contribution >= 0.6 is 0 Å². The quantitative estimate of drug-likeness (QED) is 0.498. The number of nitrogens with zero attached hydrogens (tertiary/aromatic N) is 5. The molecule has 0 atom stereocenters. The molecular formula is C22H21N7O. The van der Waals surface area contributed by atoms with Gasteiger partial charge in [-0.3, -0.25) is 9.89 Å². The molecule has 0 bridgehead atoms. The lowest BCUT2D eigenvalue weighted by atomic mass is 10.1. The van der Waals surface area contributed by atoms with Crippen LogP contribution in [0.15, 0.2) is 61.2 Å². The second kappa shape index (κ2) is 7.47. The summed E-state index contributed by atoms with van der Waals surface area (Å²) in [5, 5.41) is 10.2. The third-order valence-corrected chi connectivity index (χ3v) is 5.27. The highest BCUT2D eigenvalue weighted by Crippen LogP contribution is 2.24. The van der Waals surface area contributed by atoms with Crippen molar-refractivity contribution >= 4 is 23.2 Å². The maximum atomic E-state index is 11.7. The molecule has 8 heteroatoms. The first-order chi connectivity index (χ1) is 14.7. The molecule has 1 aliphatic heterocycles. The number of carbonyl (C=O) groups is 1. The van der Waals surface area contributed by atoms with E-state index in [-0.39, 0.29) is 5.78 Å². The van der Waals surface area contributed by atoms with Crippen LogP contribution in [0.4, 0.5) is 17.5 Å². The van der Waals surface area contributed by atoms with Crippen molar-refractivity contribution in [2.24, 2.45) is 0 Å². The highest BCUT2D eigenvalue weighted by molar-refractivity contribution is 5.94. The number of hydrogen-bond acceptors (Lipinski definition) is 6. The van der Waals surface area contributed by atoms with Gasteiger partial charge in [-0.05, 0) is 36.8 Å². The van der Waals surface area contributed by atoms with Crippen molar-refractivity contribution < 1.29 is 4.79 Å². The van der Waals surface area contributed by atoms with Crippen LogP contribution in [-0.2, 0) is 13.1 Å². The van der Waals surface area contributed by atoms with Crippen LogP contribution in [0, 0.1) is 0 Å². The molecular weight excluding hydrogens is 378 g/mol. The van der Waals surface area contributed by atoms with Crippen LogP contribution < -0.4 is 10.2 Å². The van der Waals surface area contributed by atoms with E-state index in [9.17, 15) is 4.79 Å². The molecule has 0 aliphatic carbocycles.